The van der Waals surface area contributed by atoms with Gasteiger partial charge in [0.05, 0.1) is 9.62 Å². The van der Waals surface area contributed by atoms with Gasteiger partial charge >= 0.3 is 5.69 Å². The Hall–Kier alpha value is -1.69. The van der Waals surface area contributed by atoms with E-state index in [1.807, 2.05) is 0 Å². The van der Waals surface area contributed by atoms with E-state index in [1.54, 1.807) is 11.4 Å². The Bertz CT molecular complexity index is 523. The average Bonchev–Trinajstić information content (AvgIpc) is 2.50. The third-order valence-electron chi connectivity index (χ3n) is 1.87. The summed E-state index contributed by atoms with van der Waals surface area (Å²) in [6.07, 6.45) is 0. The lowest BCUT2D eigenvalue weighted by Crippen LogP contribution is -1.98. The van der Waals surface area contributed by atoms with E-state index in [1.165, 1.54) is 6.07 Å². The molecular formula is C8H5FN2O2S. The molecule has 0 amide bonds. The highest BCUT2D eigenvalue weighted by Gasteiger charge is 2.22. The van der Waals surface area contributed by atoms with Gasteiger partial charge < -0.3 is 5.73 Å². The summed E-state index contributed by atoms with van der Waals surface area (Å²) < 4.78 is 13.8. The standard InChI is InChI=1S/C8H5FN2O2S/c9-6-7(11(12)13)5(10)3-4-1-2-14-8(4)6/h1-3H,10H2. The fourth-order valence-corrected chi connectivity index (χ4v) is 2.08. The summed E-state index contributed by atoms with van der Waals surface area (Å²) in [6.45, 7) is 0. The van der Waals surface area contributed by atoms with E-state index < -0.39 is 16.4 Å². The monoisotopic (exact) mass is 212 g/mol. The van der Waals surface area contributed by atoms with Crippen LogP contribution in [0.5, 0.6) is 0 Å². The fourth-order valence-electron chi connectivity index (χ4n) is 1.27. The molecule has 0 saturated carbocycles. The lowest BCUT2D eigenvalue weighted by atomic mass is 10.2. The molecule has 2 aromatic rings. The van der Waals surface area contributed by atoms with Gasteiger partial charge in [0.1, 0.15) is 5.69 Å². The molecule has 1 heterocycles. The van der Waals surface area contributed by atoms with Gasteiger partial charge in [0.15, 0.2) is 0 Å². The molecule has 0 aliphatic carbocycles. The number of nitro benzene ring substituents is 1. The van der Waals surface area contributed by atoms with Crippen LogP contribution in [0.3, 0.4) is 0 Å². The Balaban J connectivity index is 2.89. The van der Waals surface area contributed by atoms with Crippen molar-refractivity contribution in [2.75, 3.05) is 5.73 Å². The van der Waals surface area contributed by atoms with Crippen LogP contribution in [0, 0.1) is 15.9 Å². The van der Waals surface area contributed by atoms with E-state index in [-0.39, 0.29) is 10.4 Å². The summed E-state index contributed by atoms with van der Waals surface area (Å²) in [5, 5.41) is 12.8. The fraction of sp³-hybridized carbons (Fsp3) is 0. The highest BCUT2D eigenvalue weighted by molar-refractivity contribution is 7.17. The Morgan fingerprint density at radius 2 is 2.29 bits per heavy atom. The van der Waals surface area contributed by atoms with Crippen LogP contribution in [-0.4, -0.2) is 4.92 Å². The molecule has 0 bridgehead atoms. The summed E-state index contributed by atoms with van der Waals surface area (Å²) in [4.78, 5) is 9.70. The van der Waals surface area contributed by atoms with Crippen LogP contribution >= 0.6 is 11.3 Å². The van der Waals surface area contributed by atoms with Gasteiger partial charge in [0.25, 0.3) is 0 Å². The predicted octanol–water partition coefficient (Wildman–Crippen LogP) is 2.53. The Morgan fingerprint density at radius 1 is 1.57 bits per heavy atom. The maximum atomic E-state index is 13.5. The van der Waals surface area contributed by atoms with Crippen LogP contribution in [0.4, 0.5) is 15.8 Å². The number of benzene rings is 1. The molecule has 14 heavy (non-hydrogen) atoms. The van der Waals surface area contributed by atoms with Crippen molar-refractivity contribution >= 4 is 32.8 Å². The number of hydrogen-bond donors (Lipinski definition) is 1. The molecule has 0 aliphatic rings. The number of hydrogen-bond acceptors (Lipinski definition) is 4. The summed E-state index contributed by atoms with van der Waals surface area (Å²) in [5.41, 5.74) is 4.59. The van der Waals surface area contributed by atoms with Gasteiger partial charge in [0.2, 0.25) is 5.82 Å². The van der Waals surface area contributed by atoms with E-state index in [9.17, 15) is 14.5 Å². The van der Waals surface area contributed by atoms with Crippen LogP contribution in [0.15, 0.2) is 17.5 Å². The van der Waals surface area contributed by atoms with Gasteiger partial charge in [-0.3, -0.25) is 10.1 Å². The molecule has 0 spiro atoms. The van der Waals surface area contributed by atoms with E-state index in [4.69, 9.17) is 5.73 Å². The van der Waals surface area contributed by atoms with Gasteiger partial charge in [-0.2, -0.15) is 4.39 Å². The number of anilines is 1. The van der Waals surface area contributed by atoms with E-state index in [0.29, 0.717) is 5.39 Å². The van der Waals surface area contributed by atoms with Crippen LogP contribution in [0.25, 0.3) is 10.1 Å². The molecule has 0 saturated heterocycles. The number of halogens is 1. The molecular weight excluding hydrogens is 207 g/mol. The van der Waals surface area contributed by atoms with Crippen molar-refractivity contribution in [1.82, 2.24) is 0 Å². The normalized spacial score (nSPS) is 10.6. The first-order valence-electron chi connectivity index (χ1n) is 3.71. The van der Waals surface area contributed by atoms with Crippen molar-refractivity contribution in [3.8, 4) is 0 Å². The van der Waals surface area contributed by atoms with Crippen LogP contribution in [0.1, 0.15) is 0 Å². The molecule has 2 N–H and O–H groups in total. The molecule has 0 aliphatic heterocycles. The molecule has 4 nitrogen and oxygen atoms in total. The molecule has 0 fully saturated rings. The maximum Gasteiger partial charge on any atom is 0.328 e. The minimum atomic E-state index is -0.847. The van der Waals surface area contributed by atoms with Gasteiger partial charge in [-0.1, -0.05) is 0 Å². The topological polar surface area (TPSA) is 69.2 Å². The largest absolute Gasteiger partial charge is 0.393 e. The van der Waals surface area contributed by atoms with Gasteiger partial charge in [-0.05, 0) is 22.9 Å². The van der Waals surface area contributed by atoms with E-state index in [2.05, 4.69) is 0 Å². The summed E-state index contributed by atoms with van der Waals surface area (Å²) in [7, 11) is 0. The molecule has 0 atom stereocenters. The second kappa shape index (κ2) is 2.91. The molecule has 6 heteroatoms. The third-order valence-corrected chi connectivity index (χ3v) is 2.79. The van der Waals surface area contributed by atoms with E-state index in [0.717, 1.165) is 11.3 Å². The Labute approximate surface area is 81.9 Å². The third kappa shape index (κ3) is 1.12. The summed E-state index contributed by atoms with van der Waals surface area (Å²) >= 11 is 1.12. The van der Waals surface area contributed by atoms with Crippen LogP contribution in [0.2, 0.25) is 0 Å². The number of nitro groups is 1. The van der Waals surface area contributed by atoms with Crippen molar-refractivity contribution < 1.29 is 9.31 Å². The molecule has 72 valence electrons. The van der Waals surface area contributed by atoms with Crippen molar-refractivity contribution in [2.24, 2.45) is 0 Å². The number of fused-ring (bicyclic) bond motifs is 1. The SMILES string of the molecule is Nc1cc2ccsc2c(F)c1[N+](=O)[O-]. The minimum Gasteiger partial charge on any atom is -0.393 e. The van der Waals surface area contributed by atoms with Crippen molar-refractivity contribution in [3.63, 3.8) is 0 Å². The summed E-state index contributed by atoms with van der Waals surface area (Å²) in [5.74, 6) is -0.847. The molecule has 1 aromatic heterocycles. The van der Waals surface area contributed by atoms with Crippen molar-refractivity contribution in [3.05, 3.63) is 33.4 Å². The van der Waals surface area contributed by atoms with Gasteiger partial charge in [-0.15, -0.1) is 11.3 Å². The lowest BCUT2D eigenvalue weighted by molar-refractivity contribution is -0.386. The number of nitrogen functional groups attached to an aromatic ring is 1. The first-order chi connectivity index (χ1) is 6.61. The van der Waals surface area contributed by atoms with Gasteiger partial charge in [-0.25, -0.2) is 0 Å². The zero-order chi connectivity index (χ0) is 10.3. The number of nitrogens with zero attached hydrogens (tertiary/aromatic N) is 1. The number of nitrogens with two attached hydrogens (primary N) is 1. The summed E-state index contributed by atoms with van der Waals surface area (Å²) in [6, 6.07) is 3.08. The molecule has 0 unspecified atom stereocenters. The number of rotatable bonds is 1. The van der Waals surface area contributed by atoms with Crippen LogP contribution < -0.4 is 5.73 Å². The zero-order valence-electron chi connectivity index (χ0n) is 6.86. The van der Waals surface area contributed by atoms with Crippen molar-refractivity contribution in [1.29, 1.82) is 0 Å². The smallest absolute Gasteiger partial charge is 0.328 e. The lowest BCUT2D eigenvalue weighted by Gasteiger charge is -1.99. The van der Waals surface area contributed by atoms with E-state index >= 15 is 0 Å². The first-order valence-corrected chi connectivity index (χ1v) is 4.59. The zero-order valence-corrected chi connectivity index (χ0v) is 7.68. The Kier molecular flexibility index (Phi) is 1.85. The van der Waals surface area contributed by atoms with Crippen molar-refractivity contribution in [2.45, 2.75) is 0 Å². The molecule has 0 radical (unpaired) electrons. The first kappa shape index (κ1) is 8.89. The van der Waals surface area contributed by atoms with Gasteiger partial charge in [0, 0.05) is 0 Å². The highest BCUT2D eigenvalue weighted by atomic mass is 32.1. The Morgan fingerprint density at radius 3 is 2.93 bits per heavy atom. The second-order valence-electron chi connectivity index (χ2n) is 2.72. The van der Waals surface area contributed by atoms with Crippen LogP contribution in [-0.2, 0) is 0 Å². The highest BCUT2D eigenvalue weighted by Crippen LogP contribution is 2.34. The minimum absolute atomic E-state index is 0.140. The number of thiophene rings is 1. The molecule has 1 aromatic carbocycles. The molecule has 2 rings (SSSR count). The second-order valence-corrected chi connectivity index (χ2v) is 3.64. The quantitative estimate of drug-likeness (QED) is 0.448. The predicted molar refractivity (Wildman–Crippen MR) is 52.8 cm³/mol. The average molecular weight is 212 g/mol. The maximum absolute atomic E-state index is 13.5.